The van der Waals surface area contributed by atoms with Crippen molar-refractivity contribution in [1.82, 2.24) is 0 Å². The molecule has 0 aromatic heterocycles. The van der Waals surface area contributed by atoms with Gasteiger partial charge >= 0.3 is 0 Å². The summed E-state index contributed by atoms with van der Waals surface area (Å²) in [5.41, 5.74) is 0. The Kier molecular flexibility index (Phi) is 9.41. The van der Waals surface area contributed by atoms with Gasteiger partial charge in [-0.3, -0.25) is 0 Å². The van der Waals surface area contributed by atoms with Crippen LogP contribution in [0.5, 0.6) is 0 Å². The lowest BCUT2D eigenvalue weighted by molar-refractivity contribution is -0.362. The van der Waals surface area contributed by atoms with E-state index < -0.39 is 74.1 Å². The van der Waals surface area contributed by atoms with Gasteiger partial charge in [-0.15, -0.1) is 0 Å². The molecule has 1 aliphatic rings. The summed E-state index contributed by atoms with van der Waals surface area (Å²) in [5.74, 6) is -2.07. The molecule has 1 fully saturated rings. The van der Waals surface area contributed by atoms with E-state index in [1.54, 1.807) is 0 Å². The predicted octanol–water partition coefficient (Wildman–Crippen LogP) is -4.74. The molecule has 0 amide bonds. The first kappa shape index (κ1) is 24.6. The predicted molar refractivity (Wildman–Crippen MR) is 86.2 cm³/mol. The van der Waals surface area contributed by atoms with Crippen molar-refractivity contribution >= 4 is 0 Å². The molecule has 0 saturated carbocycles. The third-order valence-corrected chi connectivity index (χ3v) is 4.62. The minimum absolute atomic E-state index is 0.640. The highest BCUT2D eigenvalue weighted by Crippen LogP contribution is 2.31. The molecule has 1 heterocycles. The number of aliphatic hydroxyl groups excluding tert-OH is 8. The summed E-state index contributed by atoms with van der Waals surface area (Å²) < 4.78 is 20.7. The first-order valence-electron chi connectivity index (χ1n) is 8.29. The quantitative estimate of drug-likeness (QED) is 0.163. The van der Waals surface area contributed by atoms with Gasteiger partial charge in [0.15, 0.2) is 12.1 Å². The maximum absolute atomic E-state index is 10.4. The van der Waals surface area contributed by atoms with Gasteiger partial charge < -0.3 is 59.8 Å². The van der Waals surface area contributed by atoms with Crippen LogP contribution in [0.15, 0.2) is 0 Å². The Morgan fingerprint density at radius 1 is 1.00 bits per heavy atom. The van der Waals surface area contributed by atoms with Gasteiger partial charge in [-0.25, -0.2) is 0 Å². The molecule has 12 heteroatoms. The highest BCUT2D eigenvalue weighted by molar-refractivity contribution is 4.94. The lowest BCUT2D eigenvalue weighted by Crippen LogP contribution is -2.64. The fraction of sp³-hybridized carbons (Fsp3) is 1.00. The molecule has 0 aliphatic carbocycles. The summed E-state index contributed by atoms with van der Waals surface area (Å²) in [6.45, 7) is -0.352. The molecule has 12 nitrogen and oxygen atoms in total. The fourth-order valence-corrected chi connectivity index (χ4v) is 2.73. The van der Waals surface area contributed by atoms with E-state index >= 15 is 0 Å². The molecule has 10 atom stereocenters. The standard InChI is InChI=1S/C15H30O12/c1-15(25-3,13(23)10(21)8(19)6(18)4-16)27-12-7(5-17)26-14(24-2)11(22)9(12)20/h6-14,16-23H,4-5H2,1-3H3/t6-,7+,8+,9+,10-,11+,12+,13-,14-,15+/m0/s1. The average molecular weight is 402 g/mol. The average Bonchev–Trinajstić information content (AvgIpc) is 2.69. The van der Waals surface area contributed by atoms with Gasteiger partial charge in [0.2, 0.25) is 0 Å². The minimum Gasteiger partial charge on any atom is -0.394 e. The monoisotopic (exact) mass is 402 g/mol. The van der Waals surface area contributed by atoms with Crippen molar-refractivity contribution in [3.05, 3.63) is 0 Å². The zero-order chi connectivity index (χ0) is 20.9. The Hall–Kier alpha value is -0.480. The zero-order valence-electron chi connectivity index (χ0n) is 15.3. The molecule has 1 rings (SSSR count). The van der Waals surface area contributed by atoms with E-state index in [1.165, 1.54) is 7.11 Å². The maximum atomic E-state index is 10.4. The third kappa shape index (κ3) is 5.32. The molecule has 0 radical (unpaired) electrons. The van der Waals surface area contributed by atoms with Crippen molar-refractivity contribution < 1.29 is 59.8 Å². The molecular weight excluding hydrogens is 372 g/mol. The van der Waals surface area contributed by atoms with E-state index in [9.17, 15) is 35.7 Å². The number of hydrogen-bond donors (Lipinski definition) is 8. The second kappa shape index (κ2) is 10.3. The molecule has 0 bridgehead atoms. The topological polar surface area (TPSA) is 199 Å². The number of aliphatic hydroxyl groups is 8. The second-order valence-corrected chi connectivity index (χ2v) is 6.42. The van der Waals surface area contributed by atoms with E-state index in [1.807, 2.05) is 0 Å². The summed E-state index contributed by atoms with van der Waals surface area (Å²) in [6, 6.07) is 0. The van der Waals surface area contributed by atoms with Gasteiger partial charge in [0, 0.05) is 14.2 Å². The molecule has 162 valence electrons. The van der Waals surface area contributed by atoms with Crippen LogP contribution >= 0.6 is 0 Å². The van der Waals surface area contributed by atoms with Crippen molar-refractivity contribution in [2.24, 2.45) is 0 Å². The number of hydrogen-bond acceptors (Lipinski definition) is 12. The van der Waals surface area contributed by atoms with Crippen LogP contribution < -0.4 is 0 Å². The molecule has 0 aromatic rings. The molecule has 8 N–H and O–H groups in total. The first-order chi connectivity index (χ1) is 12.6. The molecule has 1 aliphatic heterocycles. The number of ether oxygens (including phenoxy) is 4. The highest BCUT2D eigenvalue weighted by Gasteiger charge is 2.51. The Bertz CT molecular complexity index is 437. The Morgan fingerprint density at radius 2 is 1.59 bits per heavy atom. The van der Waals surface area contributed by atoms with Gasteiger partial charge in [0.25, 0.3) is 0 Å². The van der Waals surface area contributed by atoms with Crippen LogP contribution in [0.2, 0.25) is 0 Å². The largest absolute Gasteiger partial charge is 0.394 e. The van der Waals surface area contributed by atoms with E-state index in [-0.39, 0.29) is 0 Å². The van der Waals surface area contributed by atoms with Gasteiger partial charge in [0.1, 0.15) is 48.8 Å². The summed E-state index contributed by atoms with van der Waals surface area (Å²) in [4.78, 5) is 0. The van der Waals surface area contributed by atoms with E-state index in [0.717, 1.165) is 14.0 Å². The molecule has 0 spiro atoms. The number of methoxy groups -OCH3 is 2. The van der Waals surface area contributed by atoms with Crippen LogP contribution in [0.1, 0.15) is 6.92 Å². The fourth-order valence-electron chi connectivity index (χ4n) is 2.73. The van der Waals surface area contributed by atoms with Crippen LogP contribution in [0.3, 0.4) is 0 Å². The molecule has 1 saturated heterocycles. The number of rotatable bonds is 10. The lowest BCUT2D eigenvalue weighted by atomic mass is 9.95. The van der Waals surface area contributed by atoms with Crippen molar-refractivity contribution in [2.45, 2.75) is 67.8 Å². The molecule has 0 unspecified atom stereocenters. The van der Waals surface area contributed by atoms with E-state index in [2.05, 4.69) is 0 Å². The van der Waals surface area contributed by atoms with E-state index in [4.69, 9.17) is 24.1 Å². The van der Waals surface area contributed by atoms with Crippen molar-refractivity contribution in [2.75, 3.05) is 27.4 Å². The maximum Gasteiger partial charge on any atom is 0.194 e. The van der Waals surface area contributed by atoms with Crippen molar-refractivity contribution in [3.63, 3.8) is 0 Å². The smallest absolute Gasteiger partial charge is 0.194 e. The van der Waals surface area contributed by atoms with Crippen molar-refractivity contribution in [3.8, 4) is 0 Å². The van der Waals surface area contributed by atoms with Crippen molar-refractivity contribution in [1.29, 1.82) is 0 Å². The highest BCUT2D eigenvalue weighted by atomic mass is 16.7. The zero-order valence-corrected chi connectivity index (χ0v) is 15.3. The van der Waals surface area contributed by atoms with Crippen LogP contribution in [-0.4, -0.2) is 129 Å². The summed E-state index contributed by atoms with van der Waals surface area (Å²) in [7, 11) is 2.33. The second-order valence-electron chi connectivity index (χ2n) is 6.42. The Balaban J connectivity index is 3.01. The SMILES string of the molecule is CO[C@H]1O[C@H](CO)[C@@H](O[C@@](C)(OC)[C@@H](O)[C@@H](O)[C@H](O)[C@@H](O)CO)[C@H](O)[C@H]1O. The van der Waals surface area contributed by atoms with E-state index in [0.29, 0.717) is 0 Å². The summed E-state index contributed by atoms with van der Waals surface area (Å²) in [5, 5.41) is 78.3. The van der Waals surface area contributed by atoms with Gasteiger partial charge in [-0.1, -0.05) is 0 Å². The van der Waals surface area contributed by atoms with Crippen LogP contribution in [0.4, 0.5) is 0 Å². The minimum atomic E-state index is -2.07. The summed E-state index contributed by atoms with van der Waals surface area (Å²) in [6.07, 6.45) is -14.7. The molecule has 0 aromatic carbocycles. The summed E-state index contributed by atoms with van der Waals surface area (Å²) >= 11 is 0. The molecular formula is C15H30O12. The Morgan fingerprint density at radius 3 is 2.04 bits per heavy atom. The Labute approximate surface area is 156 Å². The van der Waals surface area contributed by atoms with Gasteiger partial charge in [0.05, 0.1) is 13.2 Å². The molecule has 27 heavy (non-hydrogen) atoms. The van der Waals surface area contributed by atoms with Gasteiger partial charge in [-0.05, 0) is 6.92 Å². The van der Waals surface area contributed by atoms with Crippen LogP contribution in [0, 0.1) is 0 Å². The van der Waals surface area contributed by atoms with Crippen LogP contribution in [0.25, 0.3) is 0 Å². The van der Waals surface area contributed by atoms with Gasteiger partial charge in [-0.2, -0.15) is 0 Å². The van der Waals surface area contributed by atoms with Crippen LogP contribution in [-0.2, 0) is 18.9 Å². The normalized spacial score (nSPS) is 35.9. The lowest BCUT2D eigenvalue weighted by Gasteiger charge is -2.46. The third-order valence-electron chi connectivity index (χ3n) is 4.62. The first-order valence-corrected chi connectivity index (χ1v) is 8.29.